The van der Waals surface area contributed by atoms with Gasteiger partial charge in [-0.05, 0) is 30.7 Å². The molecule has 0 unspecified atom stereocenters. The lowest BCUT2D eigenvalue weighted by Crippen LogP contribution is -2.13. The van der Waals surface area contributed by atoms with Gasteiger partial charge >= 0.3 is 0 Å². The zero-order valence-corrected chi connectivity index (χ0v) is 12.4. The Morgan fingerprint density at radius 1 is 1.27 bits per heavy atom. The Bertz CT molecular complexity index is 731. The quantitative estimate of drug-likeness (QED) is 0.911. The van der Waals surface area contributed by atoms with Crippen molar-refractivity contribution in [3.63, 3.8) is 0 Å². The molecular formula is C17H17FN2O2. The van der Waals surface area contributed by atoms with Gasteiger partial charge in [-0.1, -0.05) is 12.1 Å². The molecule has 5 heteroatoms. The second kappa shape index (κ2) is 5.67. The molecule has 1 heterocycles. The molecule has 4 nitrogen and oxygen atoms in total. The monoisotopic (exact) mass is 300 g/mol. The van der Waals surface area contributed by atoms with Gasteiger partial charge in [-0.2, -0.15) is 0 Å². The SMILES string of the molecule is COc1ccc([C@H](C)Nc2ccc3c(c2)C(=O)NC3)c(F)c1. The lowest BCUT2D eigenvalue weighted by atomic mass is 10.1. The Labute approximate surface area is 128 Å². The van der Waals surface area contributed by atoms with Crippen LogP contribution in [0.25, 0.3) is 0 Å². The molecule has 114 valence electrons. The van der Waals surface area contributed by atoms with Crippen LogP contribution >= 0.6 is 0 Å². The average molecular weight is 300 g/mol. The number of carbonyl (C=O) groups is 1. The molecule has 0 saturated heterocycles. The van der Waals surface area contributed by atoms with Gasteiger partial charge in [0.15, 0.2) is 0 Å². The number of halogens is 1. The zero-order valence-electron chi connectivity index (χ0n) is 12.4. The Morgan fingerprint density at radius 3 is 2.82 bits per heavy atom. The number of ether oxygens (including phenoxy) is 1. The van der Waals surface area contributed by atoms with E-state index in [4.69, 9.17) is 4.74 Å². The van der Waals surface area contributed by atoms with Crippen LogP contribution < -0.4 is 15.4 Å². The molecule has 1 atom stereocenters. The van der Waals surface area contributed by atoms with Crippen LogP contribution in [0.1, 0.15) is 34.5 Å². The van der Waals surface area contributed by atoms with Crippen molar-refractivity contribution in [3.05, 3.63) is 58.9 Å². The van der Waals surface area contributed by atoms with Crippen molar-refractivity contribution in [3.8, 4) is 5.75 Å². The van der Waals surface area contributed by atoms with Gasteiger partial charge in [-0.15, -0.1) is 0 Å². The standard InChI is InChI=1S/C17H17FN2O2/c1-10(14-6-5-13(22-2)8-16(14)18)20-12-4-3-11-9-19-17(21)15(11)7-12/h3-8,10,20H,9H2,1-2H3,(H,19,21)/t10-/m0/s1. The molecular weight excluding hydrogens is 283 g/mol. The fraction of sp³-hybridized carbons (Fsp3) is 0.235. The molecule has 1 aliphatic heterocycles. The number of nitrogens with one attached hydrogen (secondary N) is 2. The van der Waals surface area contributed by atoms with Gasteiger partial charge in [0.05, 0.1) is 13.2 Å². The molecule has 2 aromatic rings. The number of hydrogen-bond acceptors (Lipinski definition) is 3. The smallest absolute Gasteiger partial charge is 0.251 e. The number of amides is 1. The topological polar surface area (TPSA) is 50.4 Å². The molecule has 0 radical (unpaired) electrons. The van der Waals surface area contributed by atoms with Crippen molar-refractivity contribution in [2.75, 3.05) is 12.4 Å². The molecule has 0 saturated carbocycles. The molecule has 0 fully saturated rings. The maximum Gasteiger partial charge on any atom is 0.251 e. The third-order valence-electron chi connectivity index (χ3n) is 3.85. The number of fused-ring (bicyclic) bond motifs is 1. The first-order valence-electron chi connectivity index (χ1n) is 7.09. The lowest BCUT2D eigenvalue weighted by molar-refractivity contribution is 0.0966. The van der Waals surface area contributed by atoms with E-state index < -0.39 is 0 Å². The molecule has 0 spiro atoms. The van der Waals surface area contributed by atoms with E-state index in [1.807, 2.05) is 19.1 Å². The van der Waals surface area contributed by atoms with E-state index in [-0.39, 0.29) is 17.8 Å². The first kappa shape index (κ1) is 14.4. The van der Waals surface area contributed by atoms with Gasteiger partial charge in [0.1, 0.15) is 11.6 Å². The van der Waals surface area contributed by atoms with Gasteiger partial charge in [0.2, 0.25) is 0 Å². The van der Waals surface area contributed by atoms with Crippen molar-refractivity contribution in [2.24, 2.45) is 0 Å². The Hall–Kier alpha value is -2.56. The van der Waals surface area contributed by atoms with E-state index >= 15 is 0 Å². The second-order valence-corrected chi connectivity index (χ2v) is 5.31. The average Bonchev–Trinajstić information content (AvgIpc) is 2.88. The van der Waals surface area contributed by atoms with Gasteiger partial charge in [-0.25, -0.2) is 4.39 Å². The molecule has 1 amide bonds. The summed E-state index contributed by atoms with van der Waals surface area (Å²) in [5.41, 5.74) is 3.00. The predicted octanol–water partition coefficient (Wildman–Crippen LogP) is 3.25. The van der Waals surface area contributed by atoms with Crippen LogP contribution in [0.3, 0.4) is 0 Å². The minimum atomic E-state index is -0.321. The van der Waals surface area contributed by atoms with Crippen molar-refractivity contribution in [1.29, 1.82) is 0 Å². The van der Waals surface area contributed by atoms with E-state index in [2.05, 4.69) is 10.6 Å². The zero-order chi connectivity index (χ0) is 15.7. The number of anilines is 1. The van der Waals surface area contributed by atoms with Crippen molar-refractivity contribution in [2.45, 2.75) is 19.5 Å². The van der Waals surface area contributed by atoms with Crippen molar-refractivity contribution < 1.29 is 13.9 Å². The largest absolute Gasteiger partial charge is 0.497 e. The molecule has 0 aliphatic carbocycles. The maximum atomic E-state index is 14.1. The first-order chi connectivity index (χ1) is 10.6. The minimum absolute atomic E-state index is 0.0677. The van der Waals surface area contributed by atoms with Crippen LogP contribution in [0.5, 0.6) is 5.75 Å². The van der Waals surface area contributed by atoms with Gasteiger partial charge in [0, 0.05) is 29.4 Å². The summed E-state index contributed by atoms with van der Waals surface area (Å²) in [5.74, 6) is 0.0998. The Morgan fingerprint density at radius 2 is 2.09 bits per heavy atom. The van der Waals surface area contributed by atoms with Crippen LogP contribution in [0.15, 0.2) is 36.4 Å². The third-order valence-corrected chi connectivity index (χ3v) is 3.85. The summed E-state index contributed by atoms with van der Waals surface area (Å²) in [6.07, 6.45) is 0. The highest BCUT2D eigenvalue weighted by Crippen LogP contribution is 2.27. The van der Waals surface area contributed by atoms with E-state index in [0.29, 0.717) is 23.4 Å². The number of hydrogen-bond donors (Lipinski definition) is 2. The summed E-state index contributed by atoms with van der Waals surface area (Å²) >= 11 is 0. The highest BCUT2D eigenvalue weighted by molar-refractivity contribution is 5.99. The summed E-state index contributed by atoms with van der Waals surface area (Å²) < 4.78 is 19.1. The molecule has 1 aliphatic rings. The number of methoxy groups -OCH3 is 1. The molecule has 2 aromatic carbocycles. The minimum Gasteiger partial charge on any atom is -0.497 e. The number of carbonyl (C=O) groups excluding carboxylic acids is 1. The molecule has 0 bridgehead atoms. The fourth-order valence-corrected chi connectivity index (χ4v) is 2.62. The summed E-state index contributed by atoms with van der Waals surface area (Å²) in [4.78, 5) is 11.7. The van der Waals surface area contributed by atoms with E-state index in [0.717, 1.165) is 11.3 Å². The summed E-state index contributed by atoms with van der Waals surface area (Å²) in [6, 6.07) is 10.2. The highest BCUT2D eigenvalue weighted by Gasteiger charge is 2.19. The normalized spacial score (nSPS) is 14.2. The molecule has 3 rings (SSSR count). The van der Waals surface area contributed by atoms with Crippen LogP contribution in [0.2, 0.25) is 0 Å². The second-order valence-electron chi connectivity index (χ2n) is 5.31. The van der Waals surface area contributed by atoms with Crippen LogP contribution in [-0.2, 0) is 6.54 Å². The van der Waals surface area contributed by atoms with Crippen molar-refractivity contribution >= 4 is 11.6 Å². The summed E-state index contributed by atoms with van der Waals surface area (Å²) in [7, 11) is 1.51. The van der Waals surface area contributed by atoms with E-state index in [1.165, 1.54) is 13.2 Å². The molecule has 2 N–H and O–H groups in total. The van der Waals surface area contributed by atoms with Crippen LogP contribution in [-0.4, -0.2) is 13.0 Å². The maximum absolute atomic E-state index is 14.1. The molecule has 22 heavy (non-hydrogen) atoms. The third kappa shape index (κ3) is 2.62. The Balaban J connectivity index is 1.81. The predicted molar refractivity (Wildman–Crippen MR) is 82.6 cm³/mol. The highest BCUT2D eigenvalue weighted by atomic mass is 19.1. The first-order valence-corrected chi connectivity index (χ1v) is 7.09. The summed E-state index contributed by atoms with van der Waals surface area (Å²) in [5, 5.41) is 6.00. The van der Waals surface area contributed by atoms with E-state index in [1.54, 1.807) is 18.2 Å². The van der Waals surface area contributed by atoms with Crippen molar-refractivity contribution in [1.82, 2.24) is 5.32 Å². The lowest BCUT2D eigenvalue weighted by Gasteiger charge is -2.17. The Kier molecular flexibility index (Phi) is 3.71. The van der Waals surface area contributed by atoms with Crippen LogP contribution in [0, 0.1) is 5.82 Å². The fourth-order valence-electron chi connectivity index (χ4n) is 2.62. The van der Waals surface area contributed by atoms with E-state index in [9.17, 15) is 9.18 Å². The molecule has 0 aromatic heterocycles. The van der Waals surface area contributed by atoms with Crippen LogP contribution in [0.4, 0.5) is 10.1 Å². The van der Waals surface area contributed by atoms with Gasteiger partial charge in [0.25, 0.3) is 5.91 Å². The summed E-state index contributed by atoms with van der Waals surface area (Å²) in [6.45, 7) is 2.44. The number of rotatable bonds is 4. The van der Waals surface area contributed by atoms with Gasteiger partial charge in [-0.3, -0.25) is 4.79 Å². The number of benzene rings is 2. The van der Waals surface area contributed by atoms with Gasteiger partial charge < -0.3 is 15.4 Å².